The lowest BCUT2D eigenvalue weighted by Gasteiger charge is -2.24. The fraction of sp³-hybridized carbons (Fsp3) is 0.240. The van der Waals surface area contributed by atoms with Crippen molar-refractivity contribution in [2.24, 2.45) is 4.99 Å². The maximum atomic E-state index is 13.6. The normalized spacial score (nSPS) is 15.6. The fourth-order valence-electron chi connectivity index (χ4n) is 3.86. The number of phenolic OH excluding ortho intramolecular Hbond substituents is 1. The molecule has 0 spiro atoms. The Kier molecular flexibility index (Phi) is 7.49. The SMILES string of the molecule is CCOC(=O)C1=C(C)N=c2sc(=Cc3cc(Cl)cc(Br)c3O)c(=O)n2[C@@H]1c1ccc(OCC)cc1. The molecule has 2 aromatic carbocycles. The molecule has 0 saturated heterocycles. The third-order valence-corrected chi connectivity index (χ3v) is 7.17. The Bertz CT molecular complexity index is 1510. The van der Waals surface area contributed by atoms with Crippen LogP contribution in [-0.2, 0) is 9.53 Å². The second-order valence-corrected chi connectivity index (χ2v) is 9.93. The van der Waals surface area contributed by atoms with Crippen LogP contribution in [0.3, 0.4) is 0 Å². The molecule has 1 N–H and O–H groups in total. The molecule has 0 bridgehead atoms. The van der Waals surface area contributed by atoms with Crippen LogP contribution in [0, 0.1) is 0 Å². The first-order valence-corrected chi connectivity index (χ1v) is 12.8. The lowest BCUT2D eigenvalue weighted by molar-refractivity contribution is -0.139. The van der Waals surface area contributed by atoms with Crippen LogP contribution in [0.4, 0.5) is 0 Å². The van der Waals surface area contributed by atoms with Gasteiger partial charge in [0.2, 0.25) is 0 Å². The van der Waals surface area contributed by atoms with E-state index in [4.69, 9.17) is 21.1 Å². The number of phenols is 1. The topological polar surface area (TPSA) is 90.1 Å². The van der Waals surface area contributed by atoms with Gasteiger partial charge < -0.3 is 14.6 Å². The van der Waals surface area contributed by atoms with Gasteiger partial charge in [-0.05, 0) is 72.6 Å². The number of hydrogen-bond donors (Lipinski definition) is 1. The molecule has 3 aromatic rings. The number of nitrogens with zero attached hydrogens (tertiary/aromatic N) is 2. The van der Waals surface area contributed by atoms with Crippen molar-refractivity contribution in [2.45, 2.75) is 26.8 Å². The summed E-state index contributed by atoms with van der Waals surface area (Å²) in [6.45, 7) is 6.07. The van der Waals surface area contributed by atoms with Gasteiger partial charge in [-0.15, -0.1) is 0 Å². The number of carbonyl (C=O) groups excluding carboxylic acids is 1. The zero-order valence-electron chi connectivity index (χ0n) is 19.2. The number of esters is 1. The molecule has 1 aliphatic rings. The molecular weight excluding hydrogens is 556 g/mol. The molecule has 0 radical (unpaired) electrons. The Morgan fingerprint density at radius 3 is 2.63 bits per heavy atom. The first-order valence-electron chi connectivity index (χ1n) is 10.9. The minimum absolute atomic E-state index is 0.0355. The molecule has 182 valence electrons. The minimum Gasteiger partial charge on any atom is -0.506 e. The summed E-state index contributed by atoms with van der Waals surface area (Å²) in [5.74, 6) is 0.120. The van der Waals surface area contributed by atoms with Crippen molar-refractivity contribution in [1.82, 2.24) is 4.57 Å². The minimum atomic E-state index is -0.733. The van der Waals surface area contributed by atoms with E-state index in [2.05, 4.69) is 20.9 Å². The van der Waals surface area contributed by atoms with Gasteiger partial charge in [-0.3, -0.25) is 9.36 Å². The van der Waals surface area contributed by atoms with E-state index in [0.717, 1.165) is 0 Å². The molecule has 0 fully saturated rings. The lowest BCUT2D eigenvalue weighted by Crippen LogP contribution is -2.39. The van der Waals surface area contributed by atoms with Crippen molar-refractivity contribution < 1.29 is 19.4 Å². The summed E-state index contributed by atoms with van der Waals surface area (Å²) < 4.78 is 13.1. The summed E-state index contributed by atoms with van der Waals surface area (Å²) in [7, 11) is 0. The van der Waals surface area contributed by atoms with Gasteiger partial charge >= 0.3 is 5.97 Å². The monoisotopic (exact) mass is 576 g/mol. The fourth-order valence-corrected chi connectivity index (χ4v) is 5.73. The second kappa shape index (κ2) is 10.4. The van der Waals surface area contributed by atoms with E-state index < -0.39 is 12.0 Å². The van der Waals surface area contributed by atoms with Gasteiger partial charge in [0.1, 0.15) is 11.5 Å². The maximum Gasteiger partial charge on any atom is 0.338 e. The van der Waals surface area contributed by atoms with Gasteiger partial charge in [0, 0.05) is 10.6 Å². The molecule has 10 heteroatoms. The number of rotatable bonds is 6. The van der Waals surface area contributed by atoms with Crippen LogP contribution >= 0.6 is 38.9 Å². The molecule has 0 unspecified atom stereocenters. The van der Waals surface area contributed by atoms with Gasteiger partial charge in [-0.25, -0.2) is 9.79 Å². The molecule has 4 rings (SSSR count). The number of halogens is 2. The van der Waals surface area contributed by atoms with Crippen molar-refractivity contribution in [2.75, 3.05) is 13.2 Å². The van der Waals surface area contributed by atoms with E-state index in [1.54, 1.807) is 44.2 Å². The van der Waals surface area contributed by atoms with Gasteiger partial charge in [-0.1, -0.05) is 35.1 Å². The number of carbonyl (C=O) groups is 1. The first-order chi connectivity index (χ1) is 16.7. The number of ether oxygens (including phenoxy) is 2. The van der Waals surface area contributed by atoms with Crippen molar-refractivity contribution in [3.05, 3.63) is 88.0 Å². The first kappa shape index (κ1) is 25.2. The Morgan fingerprint density at radius 1 is 1.26 bits per heavy atom. The van der Waals surface area contributed by atoms with Gasteiger partial charge in [0.25, 0.3) is 5.56 Å². The summed E-state index contributed by atoms with van der Waals surface area (Å²) in [5.41, 5.74) is 1.52. The summed E-state index contributed by atoms with van der Waals surface area (Å²) in [4.78, 5) is 31.6. The lowest BCUT2D eigenvalue weighted by atomic mass is 9.96. The van der Waals surface area contributed by atoms with Crippen LogP contribution in [0.25, 0.3) is 6.08 Å². The highest BCUT2D eigenvalue weighted by Gasteiger charge is 2.33. The Morgan fingerprint density at radius 2 is 1.97 bits per heavy atom. The van der Waals surface area contributed by atoms with Gasteiger partial charge in [0.15, 0.2) is 4.80 Å². The summed E-state index contributed by atoms with van der Waals surface area (Å²) in [6, 6.07) is 9.65. The third-order valence-electron chi connectivity index (χ3n) is 5.37. The zero-order chi connectivity index (χ0) is 25.3. The third kappa shape index (κ3) is 4.94. The zero-order valence-corrected chi connectivity index (χ0v) is 22.3. The van der Waals surface area contributed by atoms with Crippen molar-refractivity contribution in [3.63, 3.8) is 0 Å². The van der Waals surface area contributed by atoms with Crippen LogP contribution in [0.1, 0.15) is 37.9 Å². The van der Waals surface area contributed by atoms with Crippen LogP contribution in [-0.4, -0.2) is 28.9 Å². The average molecular weight is 578 g/mol. The maximum absolute atomic E-state index is 13.6. The summed E-state index contributed by atoms with van der Waals surface area (Å²) >= 11 is 10.6. The summed E-state index contributed by atoms with van der Waals surface area (Å²) in [5, 5.41) is 10.9. The van der Waals surface area contributed by atoms with E-state index in [1.165, 1.54) is 15.9 Å². The number of hydrogen-bond acceptors (Lipinski definition) is 7. The van der Waals surface area contributed by atoms with E-state index in [1.807, 2.05) is 19.1 Å². The average Bonchev–Trinajstić information content (AvgIpc) is 3.11. The highest BCUT2D eigenvalue weighted by molar-refractivity contribution is 9.10. The molecule has 1 aromatic heterocycles. The molecule has 0 aliphatic carbocycles. The predicted octanol–water partition coefficient (Wildman–Crippen LogP) is 4.32. The Balaban J connectivity index is 1.94. The molecule has 1 aliphatic heterocycles. The van der Waals surface area contributed by atoms with E-state index in [0.29, 0.717) is 53.6 Å². The van der Waals surface area contributed by atoms with E-state index in [9.17, 15) is 14.7 Å². The Hall–Kier alpha value is -2.88. The predicted molar refractivity (Wildman–Crippen MR) is 139 cm³/mol. The van der Waals surface area contributed by atoms with Crippen molar-refractivity contribution >= 4 is 50.9 Å². The number of thiazole rings is 1. The number of aromatic nitrogens is 1. The molecule has 0 saturated carbocycles. The highest BCUT2D eigenvalue weighted by atomic mass is 79.9. The second-order valence-electron chi connectivity index (χ2n) is 7.63. The van der Waals surface area contributed by atoms with Gasteiger partial charge in [0.05, 0.1) is 39.5 Å². The molecule has 0 amide bonds. The Labute approximate surface area is 218 Å². The number of allylic oxidation sites excluding steroid dienone is 1. The largest absolute Gasteiger partial charge is 0.506 e. The quantitative estimate of drug-likeness (QED) is 0.441. The van der Waals surface area contributed by atoms with E-state index >= 15 is 0 Å². The van der Waals surface area contributed by atoms with Crippen molar-refractivity contribution in [3.8, 4) is 11.5 Å². The summed E-state index contributed by atoms with van der Waals surface area (Å²) in [6.07, 6.45) is 1.56. The highest BCUT2D eigenvalue weighted by Crippen LogP contribution is 2.33. The number of aromatic hydroxyl groups is 1. The smallest absolute Gasteiger partial charge is 0.338 e. The molecule has 1 atom stereocenters. The standard InChI is InChI=1S/C25H22BrClN2O5S/c1-4-33-17-8-6-14(7-9-17)21-20(24(32)34-5-2)13(3)28-25-29(21)23(31)19(35-25)11-15-10-16(27)12-18(26)22(15)30/h6-12,21,30H,4-5H2,1-3H3/t21-/m1/s1. The van der Waals surface area contributed by atoms with Crippen LogP contribution in [0.15, 0.2) is 61.9 Å². The van der Waals surface area contributed by atoms with Crippen LogP contribution in [0.5, 0.6) is 11.5 Å². The number of benzene rings is 2. The van der Waals surface area contributed by atoms with Gasteiger partial charge in [-0.2, -0.15) is 0 Å². The van der Waals surface area contributed by atoms with Crippen LogP contribution in [0.2, 0.25) is 5.02 Å². The van der Waals surface area contributed by atoms with Crippen molar-refractivity contribution in [1.29, 1.82) is 0 Å². The molecular formula is C25H22BrClN2O5S. The molecule has 2 heterocycles. The molecule has 35 heavy (non-hydrogen) atoms. The van der Waals surface area contributed by atoms with Crippen LogP contribution < -0.4 is 19.6 Å². The molecule has 7 nitrogen and oxygen atoms in total. The number of fused-ring (bicyclic) bond motifs is 1. The van der Waals surface area contributed by atoms with E-state index in [-0.39, 0.29) is 17.9 Å².